The zero-order valence-corrected chi connectivity index (χ0v) is 14.4. The molecule has 0 aliphatic heterocycles. The van der Waals surface area contributed by atoms with E-state index in [1.807, 2.05) is 12.1 Å². The Labute approximate surface area is 150 Å². The van der Waals surface area contributed by atoms with Gasteiger partial charge in [-0.25, -0.2) is 9.07 Å². The quantitative estimate of drug-likeness (QED) is 0.728. The van der Waals surface area contributed by atoms with Gasteiger partial charge in [0.05, 0.1) is 18.3 Å². The summed E-state index contributed by atoms with van der Waals surface area (Å²) < 4.78 is 15.5. The molecule has 0 saturated carbocycles. The molecule has 1 aromatic heterocycles. The van der Waals surface area contributed by atoms with Gasteiger partial charge in [0.1, 0.15) is 11.6 Å². The second-order valence-electron chi connectivity index (χ2n) is 5.62. The van der Waals surface area contributed by atoms with Crippen LogP contribution >= 0.6 is 11.6 Å². The molecule has 3 aromatic rings. The lowest BCUT2D eigenvalue weighted by molar-refractivity contribution is 0.102. The maximum atomic E-state index is 13.8. The average Bonchev–Trinajstić information content (AvgIpc) is 3.04. The van der Waals surface area contributed by atoms with Crippen molar-refractivity contribution in [2.24, 2.45) is 0 Å². The number of hydrogen-bond acceptors (Lipinski definition) is 2. The van der Waals surface area contributed by atoms with Crippen LogP contribution in [0.2, 0.25) is 5.02 Å². The van der Waals surface area contributed by atoms with Gasteiger partial charge in [-0.1, -0.05) is 42.8 Å². The van der Waals surface area contributed by atoms with Crippen molar-refractivity contribution >= 4 is 23.3 Å². The fourth-order valence-corrected chi connectivity index (χ4v) is 2.65. The molecule has 0 saturated heterocycles. The first-order chi connectivity index (χ1) is 12.1. The molecule has 0 atom stereocenters. The molecule has 1 amide bonds. The Morgan fingerprint density at radius 1 is 1.16 bits per heavy atom. The number of carbonyl (C=O) groups is 1. The van der Waals surface area contributed by atoms with Gasteiger partial charge in [-0.2, -0.15) is 5.10 Å². The molecule has 1 heterocycles. The van der Waals surface area contributed by atoms with E-state index in [0.717, 1.165) is 12.0 Å². The molecule has 25 heavy (non-hydrogen) atoms. The molecule has 0 aliphatic rings. The summed E-state index contributed by atoms with van der Waals surface area (Å²) in [6.45, 7) is 2.61. The van der Waals surface area contributed by atoms with Crippen molar-refractivity contribution in [2.45, 2.75) is 19.9 Å². The summed E-state index contributed by atoms with van der Waals surface area (Å²) in [7, 11) is 0. The summed E-state index contributed by atoms with van der Waals surface area (Å²) in [4.78, 5) is 12.3. The molecular formula is C19H17ClFN3O. The molecule has 2 aromatic carbocycles. The standard InChI is InChI=1S/C19H17ClFN3O/c1-2-13-3-5-14(6-4-13)12-24-18(9-10-22-24)23-19(25)16-11-15(20)7-8-17(16)21/h3-11H,2,12H2,1H3,(H,23,25). The highest BCUT2D eigenvalue weighted by Crippen LogP contribution is 2.17. The Morgan fingerprint density at radius 3 is 2.60 bits per heavy atom. The summed E-state index contributed by atoms with van der Waals surface area (Å²) in [5.41, 5.74) is 2.21. The highest BCUT2D eigenvalue weighted by atomic mass is 35.5. The predicted molar refractivity (Wildman–Crippen MR) is 96.5 cm³/mol. The molecule has 0 bridgehead atoms. The van der Waals surface area contributed by atoms with Crippen LogP contribution in [0.25, 0.3) is 0 Å². The summed E-state index contributed by atoms with van der Waals surface area (Å²) in [5.74, 6) is -0.699. The zero-order valence-electron chi connectivity index (χ0n) is 13.7. The first kappa shape index (κ1) is 17.2. The predicted octanol–water partition coefficient (Wildman–Crippen LogP) is 4.54. The monoisotopic (exact) mass is 357 g/mol. The Morgan fingerprint density at radius 2 is 1.88 bits per heavy atom. The van der Waals surface area contributed by atoms with Gasteiger partial charge in [-0.3, -0.25) is 4.79 Å². The lowest BCUT2D eigenvalue weighted by atomic mass is 10.1. The van der Waals surface area contributed by atoms with E-state index in [1.54, 1.807) is 16.9 Å². The van der Waals surface area contributed by atoms with Crippen LogP contribution in [0, 0.1) is 5.82 Å². The molecular weight excluding hydrogens is 341 g/mol. The summed E-state index contributed by atoms with van der Waals surface area (Å²) in [6, 6.07) is 13.7. The Balaban J connectivity index is 1.77. The Kier molecular flexibility index (Phi) is 5.14. The van der Waals surface area contributed by atoms with Crippen LogP contribution in [0.5, 0.6) is 0 Å². The normalized spacial score (nSPS) is 10.7. The highest BCUT2D eigenvalue weighted by molar-refractivity contribution is 6.31. The van der Waals surface area contributed by atoms with E-state index in [-0.39, 0.29) is 5.56 Å². The molecule has 0 radical (unpaired) electrons. The molecule has 0 unspecified atom stereocenters. The number of halogens is 2. The number of benzene rings is 2. The van der Waals surface area contributed by atoms with Gasteiger partial charge in [0.2, 0.25) is 0 Å². The van der Waals surface area contributed by atoms with Gasteiger partial charge in [-0.15, -0.1) is 0 Å². The van der Waals surface area contributed by atoms with Crippen LogP contribution in [-0.2, 0) is 13.0 Å². The van der Waals surface area contributed by atoms with Crippen LogP contribution < -0.4 is 5.32 Å². The molecule has 0 fully saturated rings. The van der Waals surface area contributed by atoms with Crippen molar-refractivity contribution < 1.29 is 9.18 Å². The minimum atomic E-state index is -0.622. The fourth-order valence-electron chi connectivity index (χ4n) is 2.47. The van der Waals surface area contributed by atoms with Crippen molar-refractivity contribution in [1.82, 2.24) is 9.78 Å². The molecule has 1 N–H and O–H groups in total. The number of nitrogens with one attached hydrogen (secondary N) is 1. The first-order valence-corrected chi connectivity index (χ1v) is 8.30. The summed E-state index contributed by atoms with van der Waals surface area (Å²) in [5, 5.41) is 7.21. The van der Waals surface area contributed by atoms with Crippen LogP contribution in [0.3, 0.4) is 0 Å². The maximum Gasteiger partial charge on any atom is 0.259 e. The smallest absolute Gasteiger partial charge is 0.259 e. The first-order valence-electron chi connectivity index (χ1n) is 7.93. The van der Waals surface area contributed by atoms with E-state index < -0.39 is 11.7 Å². The zero-order chi connectivity index (χ0) is 17.8. The van der Waals surface area contributed by atoms with Gasteiger partial charge < -0.3 is 5.32 Å². The molecule has 0 aliphatic carbocycles. The number of rotatable bonds is 5. The number of hydrogen-bond donors (Lipinski definition) is 1. The van der Waals surface area contributed by atoms with Crippen molar-refractivity contribution in [3.05, 3.63) is 82.3 Å². The number of anilines is 1. The summed E-state index contributed by atoms with van der Waals surface area (Å²) >= 11 is 5.84. The molecule has 0 spiro atoms. The van der Waals surface area contributed by atoms with E-state index in [2.05, 4.69) is 29.5 Å². The van der Waals surface area contributed by atoms with Crippen LogP contribution in [0.1, 0.15) is 28.4 Å². The number of aryl methyl sites for hydroxylation is 1. The SMILES string of the molecule is CCc1ccc(Cn2nccc2NC(=O)c2cc(Cl)ccc2F)cc1. The van der Waals surface area contributed by atoms with Crippen molar-refractivity contribution in [3.8, 4) is 0 Å². The third-order valence-corrected chi connectivity index (χ3v) is 4.13. The van der Waals surface area contributed by atoms with Crippen molar-refractivity contribution in [3.63, 3.8) is 0 Å². The Bertz CT molecular complexity index is 890. The number of aromatic nitrogens is 2. The van der Waals surface area contributed by atoms with Gasteiger partial charge in [-0.05, 0) is 35.7 Å². The largest absolute Gasteiger partial charge is 0.307 e. The van der Waals surface area contributed by atoms with Crippen LogP contribution in [0.4, 0.5) is 10.2 Å². The minimum absolute atomic E-state index is 0.104. The number of nitrogens with zero attached hydrogens (tertiary/aromatic N) is 2. The second kappa shape index (κ2) is 7.49. The maximum absolute atomic E-state index is 13.8. The van der Waals surface area contributed by atoms with Crippen molar-refractivity contribution in [2.75, 3.05) is 5.32 Å². The summed E-state index contributed by atoms with van der Waals surface area (Å²) in [6.07, 6.45) is 2.57. The van der Waals surface area contributed by atoms with Crippen LogP contribution in [-0.4, -0.2) is 15.7 Å². The fraction of sp³-hybridized carbons (Fsp3) is 0.158. The topological polar surface area (TPSA) is 46.9 Å². The molecule has 3 rings (SSSR count). The van der Waals surface area contributed by atoms with E-state index in [4.69, 9.17) is 11.6 Å². The lowest BCUT2D eigenvalue weighted by Crippen LogP contribution is -2.17. The van der Waals surface area contributed by atoms with Crippen molar-refractivity contribution in [1.29, 1.82) is 0 Å². The molecule has 128 valence electrons. The number of carbonyl (C=O) groups excluding carboxylic acids is 1. The van der Waals surface area contributed by atoms with Gasteiger partial charge in [0.25, 0.3) is 5.91 Å². The number of amides is 1. The van der Waals surface area contributed by atoms with Gasteiger partial charge in [0.15, 0.2) is 0 Å². The van der Waals surface area contributed by atoms with E-state index >= 15 is 0 Å². The third-order valence-electron chi connectivity index (χ3n) is 3.89. The second-order valence-corrected chi connectivity index (χ2v) is 6.06. The highest BCUT2D eigenvalue weighted by Gasteiger charge is 2.14. The van der Waals surface area contributed by atoms with E-state index in [9.17, 15) is 9.18 Å². The third kappa shape index (κ3) is 4.06. The van der Waals surface area contributed by atoms with Gasteiger partial charge >= 0.3 is 0 Å². The van der Waals surface area contributed by atoms with E-state index in [0.29, 0.717) is 17.4 Å². The van der Waals surface area contributed by atoms with Crippen LogP contribution in [0.15, 0.2) is 54.7 Å². The van der Waals surface area contributed by atoms with E-state index in [1.165, 1.54) is 23.8 Å². The minimum Gasteiger partial charge on any atom is -0.307 e. The lowest BCUT2D eigenvalue weighted by Gasteiger charge is -2.10. The molecule has 6 heteroatoms. The molecule has 4 nitrogen and oxygen atoms in total. The van der Waals surface area contributed by atoms with Gasteiger partial charge in [0, 0.05) is 11.1 Å². The Hall–Kier alpha value is -2.66. The average molecular weight is 358 g/mol.